The number of nitrogens with zero attached hydrogens (tertiary/aromatic N) is 3. The first kappa shape index (κ1) is 25.9. The van der Waals surface area contributed by atoms with Gasteiger partial charge in [-0.25, -0.2) is 0 Å². The van der Waals surface area contributed by atoms with Crippen molar-refractivity contribution in [2.24, 2.45) is 0 Å². The number of carbonyl (C=O) groups excluding carboxylic acids is 1. The third-order valence-corrected chi connectivity index (χ3v) is 6.50. The smallest absolute Gasteiger partial charge is 0.250 e. The minimum absolute atomic E-state index is 0.139. The molecule has 0 aliphatic carbocycles. The van der Waals surface area contributed by atoms with Gasteiger partial charge in [0.15, 0.2) is 5.11 Å². The van der Waals surface area contributed by atoms with Crippen molar-refractivity contribution < 1.29 is 9.21 Å². The molecule has 0 saturated carbocycles. The maximum Gasteiger partial charge on any atom is 0.250 e. The van der Waals surface area contributed by atoms with Crippen molar-refractivity contribution in [3.05, 3.63) is 99.2 Å². The van der Waals surface area contributed by atoms with Crippen LogP contribution < -0.4 is 10.6 Å². The van der Waals surface area contributed by atoms with Gasteiger partial charge in [-0.1, -0.05) is 34.8 Å². The van der Waals surface area contributed by atoms with Gasteiger partial charge in [-0.15, -0.1) is 10.2 Å². The summed E-state index contributed by atoms with van der Waals surface area (Å²) in [5.74, 6) is 0.616. The number of furan rings is 1. The number of thiocarbonyl (C=S) groups is 1. The SMILES string of the molecule is Cc1cc2nn(-c3ccc(Cl)cc3)nc2cc1NC(=S)NC(=O)/C=C/c1ccc(-c2ccc(Cl)cc2Cl)o1. The average molecular weight is 583 g/mol. The number of fused-ring (bicyclic) bond motifs is 1. The van der Waals surface area contributed by atoms with Gasteiger partial charge in [-0.05, 0) is 97.5 Å². The van der Waals surface area contributed by atoms with Crippen LogP contribution >= 0.6 is 47.0 Å². The van der Waals surface area contributed by atoms with Crippen molar-refractivity contribution in [2.75, 3.05) is 5.32 Å². The van der Waals surface area contributed by atoms with Crippen LogP contribution in [-0.4, -0.2) is 26.0 Å². The summed E-state index contributed by atoms with van der Waals surface area (Å²) in [4.78, 5) is 14.0. The second-order valence-electron chi connectivity index (χ2n) is 8.22. The second kappa shape index (κ2) is 11.0. The van der Waals surface area contributed by atoms with E-state index in [-0.39, 0.29) is 5.11 Å². The summed E-state index contributed by atoms with van der Waals surface area (Å²) in [6.45, 7) is 1.91. The number of benzene rings is 3. The quantitative estimate of drug-likeness (QED) is 0.165. The Morgan fingerprint density at radius 2 is 1.66 bits per heavy atom. The van der Waals surface area contributed by atoms with Gasteiger partial charge in [0, 0.05) is 27.4 Å². The monoisotopic (exact) mass is 581 g/mol. The molecule has 0 unspecified atom stereocenters. The summed E-state index contributed by atoms with van der Waals surface area (Å²) < 4.78 is 5.77. The summed E-state index contributed by atoms with van der Waals surface area (Å²) in [6, 6.07) is 19.6. The molecular formula is C27H18Cl3N5O2S. The third kappa shape index (κ3) is 5.89. The predicted octanol–water partition coefficient (Wildman–Crippen LogP) is 7.48. The zero-order valence-electron chi connectivity index (χ0n) is 19.7. The molecule has 0 fully saturated rings. The summed E-state index contributed by atoms with van der Waals surface area (Å²) in [7, 11) is 0. The highest BCUT2D eigenvalue weighted by Gasteiger charge is 2.11. The molecule has 38 heavy (non-hydrogen) atoms. The maximum absolute atomic E-state index is 12.4. The number of anilines is 1. The van der Waals surface area contributed by atoms with Crippen molar-refractivity contribution in [2.45, 2.75) is 6.92 Å². The highest BCUT2D eigenvalue weighted by Crippen LogP contribution is 2.31. The standard InChI is InChI=1S/C27H18Cl3N5O2S/c1-15-12-23-24(34-35(33-23)18-5-2-16(28)3-6-18)14-22(15)31-27(38)32-26(36)11-8-19-7-10-25(37-19)20-9-4-17(29)13-21(20)30/h2-14H,1H3,(H2,31,32,36,38)/b11-8+. The van der Waals surface area contributed by atoms with E-state index in [4.69, 9.17) is 51.4 Å². The molecule has 0 bridgehead atoms. The first-order valence-electron chi connectivity index (χ1n) is 11.2. The third-order valence-electron chi connectivity index (χ3n) is 5.49. The van der Waals surface area contributed by atoms with Gasteiger partial charge in [0.2, 0.25) is 5.91 Å². The van der Waals surface area contributed by atoms with E-state index < -0.39 is 5.91 Å². The molecule has 0 atom stereocenters. The molecule has 1 amide bonds. The lowest BCUT2D eigenvalue weighted by atomic mass is 10.2. The van der Waals surface area contributed by atoms with Crippen molar-refractivity contribution in [1.82, 2.24) is 20.3 Å². The molecule has 5 rings (SSSR count). The average Bonchev–Trinajstić information content (AvgIpc) is 3.50. The Morgan fingerprint density at radius 1 is 0.947 bits per heavy atom. The highest BCUT2D eigenvalue weighted by molar-refractivity contribution is 7.80. The molecule has 0 saturated heterocycles. The number of rotatable bonds is 5. The Labute approximate surface area is 238 Å². The van der Waals surface area contributed by atoms with Crippen molar-refractivity contribution >= 4 is 80.8 Å². The van der Waals surface area contributed by atoms with Crippen LogP contribution in [0.3, 0.4) is 0 Å². The summed E-state index contributed by atoms with van der Waals surface area (Å²) in [5, 5.41) is 16.5. The number of aromatic nitrogens is 3. The molecule has 2 N–H and O–H groups in total. The van der Waals surface area contributed by atoms with E-state index in [0.29, 0.717) is 43.4 Å². The molecule has 7 nitrogen and oxygen atoms in total. The van der Waals surface area contributed by atoms with Gasteiger partial charge >= 0.3 is 0 Å². The molecule has 0 aliphatic heterocycles. The van der Waals surface area contributed by atoms with Crippen LogP contribution in [0.25, 0.3) is 34.1 Å². The van der Waals surface area contributed by atoms with E-state index in [0.717, 1.165) is 16.8 Å². The normalized spacial score (nSPS) is 11.3. The number of amides is 1. The molecule has 0 aliphatic rings. The fourth-order valence-corrected chi connectivity index (χ4v) is 4.47. The largest absolute Gasteiger partial charge is 0.457 e. The zero-order chi connectivity index (χ0) is 26.8. The van der Waals surface area contributed by atoms with Crippen molar-refractivity contribution in [1.29, 1.82) is 0 Å². The minimum Gasteiger partial charge on any atom is -0.457 e. The van der Waals surface area contributed by atoms with Crippen molar-refractivity contribution in [3.63, 3.8) is 0 Å². The molecule has 2 heterocycles. The lowest BCUT2D eigenvalue weighted by Crippen LogP contribution is -2.33. The van der Waals surface area contributed by atoms with Crippen LogP contribution in [0, 0.1) is 6.92 Å². The first-order chi connectivity index (χ1) is 18.2. The number of carbonyl (C=O) groups is 1. The molecule has 190 valence electrons. The van der Waals surface area contributed by atoms with Gasteiger partial charge < -0.3 is 9.73 Å². The van der Waals surface area contributed by atoms with E-state index >= 15 is 0 Å². The molecule has 3 aromatic carbocycles. The summed E-state index contributed by atoms with van der Waals surface area (Å²) in [5.41, 5.74) is 4.45. The fourth-order valence-electron chi connectivity index (χ4n) is 3.63. The number of nitrogens with one attached hydrogen (secondary N) is 2. The Bertz CT molecular complexity index is 1710. The van der Waals surface area contributed by atoms with E-state index in [1.54, 1.807) is 42.5 Å². The Kier molecular flexibility index (Phi) is 7.49. The maximum atomic E-state index is 12.4. The van der Waals surface area contributed by atoms with E-state index in [2.05, 4.69) is 20.8 Å². The molecule has 2 aromatic heterocycles. The van der Waals surface area contributed by atoms with Gasteiger partial charge in [-0.3, -0.25) is 10.1 Å². The lowest BCUT2D eigenvalue weighted by molar-refractivity contribution is -0.115. The van der Waals surface area contributed by atoms with Crippen LogP contribution in [0.1, 0.15) is 11.3 Å². The predicted molar refractivity (Wildman–Crippen MR) is 156 cm³/mol. The van der Waals surface area contributed by atoms with Crippen LogP contribution in [0.5, 0.6) is 0 Å². The van der Waals surface area contributed by atoms with Gasteiger partial charge in [0.25, 0.3) is 0 Å². The number of halogens is 3. The van der Waals surface area contributed by atoms with E-state index in [1.165, 1.54) is 16.9 Å². The van der Waals surface area contributed by atoms with Gasteiger partial charge in [0.05, 0.1) is 10.7 Å². The zero-order valence-corrected chi connectivity index (χ0v) is 22.8. The number of hydrogen-bond donors (Lipinski definition) is 2. The molecule has 5 aromatic rings. The fraction of sp³-hybridized carbons (Fsp3) is 0.0370. The highest BCUT2D eigenvalue weighted by atomic mass is 35.5. The van der Waals surface area contributed by atoms with Crippen molar-refractivity contribution in [3.8, 4) is 17.0 Å². The lowest BCUT2D eigenvalue weighted by Gasteiger charge is -2.10. The second-order valence-corrected chi connectivity index (χ2v) is 9.91. The molecule has 11 heteroatoms. The first-order valence-corrected chi connectivity index (χ1v) is 12.8. The number of aryl methyl sites for hydroxylation is 1. The molecule has 0 radical (unpaired) electrons. The van der Waals surface area contributed by atoms with Crippen LogP contribution in [0.4, 0.5) is 5.69 Å². The molecular weight excluding hydrogens is 565 g/mol. The Balaban J connectivity index is 1.23. The Hall–Kier alpha value is -3.69. The van der Waals surface area contributed by atoms with E-state index in [9.17, 15) is 4.79 Å². The van der Waals surface area contributed by atoms with Gasteiger partial charge in [-0.2, -0.15) is 4.80 Å². The van der Waals surface area contributed by atoms with Crippen LogP contribution in [-0.2, 0) is 4.79 Å². The summed E-state index contributed by atoms with van der Waals surface area (Å²) in [6.07, 6.45) is 2.87. The van der Waals surface area contributed by atoms with Crippen LogP contribution in [0.15, 0.2) is 77.2 Å². The molecule has 0 spiro atoms. The van der Waals surface area contributed by atoms with Crippen LogP contribution in [0.2, 0.25) is 15.1 Å². The minimum atomic E-state index is -0.419. The van der Waals surface area contributed by atoms with E-state index in [1.807, 2.05) is 31.2 Å². The van der Waals surface area contributed by atoms with Gasteiger partial charge in [0.1, 0.15) is 22.6 Å². The summed E-state index contributed by atoms with van der Waals surface area (Å²) >= 11 is 23.5. The number of hydrogen-bond acceptors (Lipinski definition) is 5. The topological polar surface area (TPSA) is 85.0 Å². The Morgan fingerprint density at radius 3 is 2.39 bits per heavy atom.